The van der Waals surface area contributed by atoms with E-state index in [1.807, 2.05) is 17.7 Å². The summed E-state index contributed by atoms with van der Waals surface area (Å²) in [5.41, 5.74) is 8.67. The summed E-state index contributed by atoms with van der Waals surface area (Å²) in [4.78, 5) is 0. The highest BCUT2D eigenvalue weighted by atomic mass is 35.5. The molecule has 0 fully saturated rings. The number of halogens is 2. The van der Waals surface area contributed by atoms with Crippen molar-refractivity contribution in [2.75, 3.05) is 0 Å². The van der Waals surface area contributed by atoms with E-state index in [2.05, 4.69) is 5.10 Å². The van der Waals surface area contributed by atoms with Gasteiger partial charge in [0.1, 0.15) is 0 Å². The summed E-state index contributed by atoms with van der Waals surface area (Å²) in [6, 6.07) is 5.42. The van der Waals surface area contributed by atoms with E-state index < -0.39 is 0 Å². The summed E-state index contributed by atoms with van der Waals surface area (Å²) in [7, 11) is 0. The summed E-state index contributed by atoms with van der Waals surface area (Å²) in [5, 5.41) is 5.66. The zero-order valence-corrected chi connectivity index (χ0v) is 11.0. The number of rotatable bonds is 3. The Hall–Kier alpha value is -1.03. The van der Waals surface area contributed by atoms with Gasteiger partial charge in [-0.1, -0.05) is 23.2 Å². The molecule has 2 N–H and O–H groups in total. The third-order valence-corrected chi connectivity index (χ3v) is 3.36. The molecule has 0 saturated heterocycles. The molecule has 0 radical (unpaired) electrons. The molecule has 90 valence electrons. The smallest absolute Gasteiger partial charge is 0.0677 e. The maximum absolute atomic E-state index is 6.11. The molecule has 1 aromatic carbocycles. The maximum Gasteiger partial charge on any atom is 0.0677 e. The zero-order chi connectivity index (χ0) is 12.4. The summed E-state index contributed by atoms with van der Waals surface area (Å²) in [6.45, 7) is 3.09. The molecule has 1 heterocycles. The van der Waals surface area contributed by atoms with Crippen LogP contribution in [-0.2, 0) is 13.1 Å². The molecule has 0 aliphatic carbocycles. The fourth-order valence-electron chi connectivity index (χ4n) is 1.67. The minimum atomic E-state index is 0.495. The molecule has 0 unspecified atom stereocenters. The molecule has 1 aromatic heterocycles. The largest absolute Gasteiger partial charge is 0.326 e. The lowest BCUT2D eigenvalue weighted by atomic mass is 10.2. The van der Waals surface area contributed by atoms with E-state index in [1.165, 1.54) is 0 Å². The van der Waals surface area contributed by atoms with Crippen molar-refractivity contribution in [3.8, 4) is 0 Å². The van der Waals surface area contributed by atoms with Crippen LogP contribution in [0.2, 0.25) is 10.0 Å². The van der Waals surface area contributed by atoms with Gasteiger partial charge in [0.15, 0.2) is 0 Å². The van der Waals surface area contributed by atoms with E-state index in [9.17, 15) is 0 Å². The molecule has 5 heteroatoms. The molecule has 0 bridgehead atoms. The molecule has 3 nitrogen and oxygen atoms in total. The van der Waals surface area contributed by atoms with Crippen molar-refractivity contribution in [2.24, 2.45) is 5.73 Å². The van der Waals surface area contributed by atoms with Gasteiger partial charge in [0.25, 0.3) is 0 Å². The Morgan fingerprint density at radius 2 is 2.06 bits per heavy atom. The summed E-state index contributed by atoms with van der Waals surface area (Å²) < 4.78 is 1.87. The fourth-order valence-corrected chi connectivity index (χ4v) is 2.04. The molecule has 0 saturated carbocycles. The monoisotopic (exact) mass is 269 g/mol. The Balaban J connectivity index is 2.31. The Kier molecular flexibility index (Phi) is 3.72. The first-order valence-electron chi connectivity index (χ1n) is 5.27. The van der Waals surface area contributed by atoms with Crippen LogP contribution in [0, 0.1) is 6.92 Å². The van der Waals surface area contributed by atoms with Crippen LogP contribution in [0.4, 0.5) is 0 Å². The van der Waals surface area contributed by atoms with Gasteiger partial charge in [-0.2, -0.15) is 5.10 Å². The van der Waals surface area contributed by atoms with Gasteiger partial charge < -0.3 is 5.73 Å². The van der Waals surface area contributed by atoms with Crippen molar-refractivity contribution < 1.29 is 0 Å². The number of hydrogen-bond acceptors (Lipinski definition) is 2. The van der Waals surface area contributed by atoms with E-state index in [0.29, 0.717) is 23.1 Å². The summed E-state index contributed by atoms with van der Waals surface area (Å²) in [6.07, 6.45) is 1.79. The molecule has 2 rings (SSSR count). The fraction of sp³-hybridized carbons (Fsp3) is 0.250. The highest BCUT2D eigenvalue weighted by Gasteiger charge is 2.08. The van der Waals surface area contributed by atoms with Crippen molar-refractivity contribution in [3.05, 3.63) is 51.3 Å². The second kappa shape index (κ2) is 5.08. The van der Waals surface area contributed by atoms with Gasteiger partial charge in [0.2, 0.25) is 0 Å². The van der Waals surface area contributed by atoms with E-state index in [0.717, 1.165) is 16.8 Å². The lowest BCUT2D eigenvalue weighted by Crippen LogP contribution is -2.06. The molecular weight excluding hydrogens is 257 g/mol. The quantitative estimate of drug-likeness (QED) is 0.931. The molecule has 2 aromatic rings. The molecule has 17 heavy (non-hydrogen) atoms. The van der Waals surface area contributed by atoms with Gasteiger partial charge in [-0.15, -0.1) is 0 Å². The summed E-state index contributed by atoms with van der Waals surface area (Å²) in [5.74, 6) is 0. The molecule has 0 aliphatic rings. The number of aromatic nitrogens is 2. The highest BCUT2D eigenvalue weighted by molar-refractivity contribution is 6.33. The Bertz CT molecular complexity index is 535. The third-order valence-electron chi connectivity index (χ3n) is 2.75. The predicted octanol–water partition coefficient (Wildman–Crippen LogP) is 3.01. The SMILES string of the molecule is Cc1c(CN)cnn1Cc1cc(Cl)ccc1Cl. The topological polar surface area (TPSA) is 43.8 Å². The standard InChI is InChI=1S/C12H13Cl2N3/c1-8-10(5-15)6-16-17(8)7-9-4-11(13)2-3-12(9)14/h2-4,6H,5,7,15H2,1H3. The van der Waals surface area contributed by atoms with Gasteiger partial charge in [-0.3, -0.25) is 4.68 Å². The number of nitrogens with two attached hydrogens (primary N) is 1. The van der Waals surface area contributed by atoms with Crippen LogP contribution in [-0.4, -0.2) is 9.78 Å². The number of nitrogens with zero attached hydrogens (tertiary/aromatic N) is 2. The molecule has 0 amide bonds. The number of benzene rings is 1. The molecule has 0 aliphatic heterocycles. The van der Waals surface area contributed by atoms with Gasteiger partial charge in [-0.25, -0.2) is 0 Å². The van der Waals surface area contributed by atoms with Crippen molar-refractivity contribution in [2.45, 2.75) is 20.0 Å². The van der Waals surface area contributed by atoms with Crippen LogP contribution < -0.4 is 5.73 Å². The van der Waals surface area contributed by atoms with E-state index in [-0.39, 0.29) is 0 Å². The number of hydrogen-bond donors (Lipinski definition) is 1. The normalized spacial score (nSPS) is 10.8. The molecule has 0 spiro atoms. The first-order chi connectivity index (χ1) is 8.11. The van der Waals surface area contributed by atoms with Crippen LogP contribution >= 0.6 is 23.2 Å². The Morgan fingerprint density at radius 1 is 1.29 bits per heavy atom. The molecular formula is C12H13Cl2N3. The lowest BCUT2D eigenvalue weighted by Gasteiger charge is -2.07. The second-order valence-electron chi connectivity index (χ2n) is 3.85. The Morgan fingerprint density at radius 3 is 2.71 bits per heavy atom. The lowest BCUT2D eigenvalue weighted by molar-refractivity contribution is 0.663. The highest BCUT2D eigenvalue weighted by Crippen LogP contribution is 2.22. The van der Waals surface area contributed by atoms with Crippen LogP contribution in [0.3, 0.4) is 0 Å². The Labute approximate surface area is 110 Å². The first kappa shape index (κ1) is 12.4. The maximum atomic E-state index is 6.11. The van der Waals surface area contributed by atoms with E-state index in [4.69, 9.17) is 28.9 Å². The van der Waals surface area contributed by atoms with Crippen molar-refractivity contribution in [1.29, 1.82) is 0 Å². The average molecular weight is 270 g/mol. The molecule has 0 atom stereocenters. The van der Waals surface area contributed by atoms with Gasteiger partial charge in [0, 0.05) is 27.8 Å². The minimum absolute atomic E-state index is 0.495. The van der Waals surface area contributed by atoms with Crippen molar-refractivity contribution >= 4 is 23.2 Å². The second-order valence-corrected chi connectivity index (χ2v) is 4.70. The third kappa shape index (κ3) is 2.63. The summed E-state index contributed by atoms with van der Waals surface area (Å²) >= 11 is 12.1. The van der Waals surface area contributed by atoms with Gasteiger partial charge in [0.05, 0.1) is 12.7 Å². The van der Waals surface area contributed by atoms with E-state index in [1.54, 1.807) is 18.3 Å². The van der Waals surface area contributed by atoms with Gasteiger partial charge in [-0.05, 0) is 30.7 Å². The van der Waals surface area contributed by atoms with Crippen LogP contribution in [0.25, 0.3) is 0 Å². The average Bonchev–Trinajstić information content (AvgIpc) is 2.65. The first-order valence-corrected chi connectivity index (χ1v) is 6.02. The van der Waals surface area contributed by atoms with Crippen LogP contribution in [0.15, 0.2) is 24.4 Å². The predicted molar refractivity (Wildman–Crippen MR) is 70.4 cm³/mol. The van der Waals surface area contributed by atoms with Crippen LogP contribution in [0.5, 0.6) is 0 Å². The van der Waals surface area contributed by atoms with Crippen LogP contribution in [0.1, 0.15) is 16.8 Å². The van der Waals surface area contributed by atoms with Crippen molar-refractivity contribution in [3.63, 3.8) is 0 Å². The zero-order valence-electron chi connectivity index (χ0n) is 9.45. The van der Waals surface area contributed by atoms with Crippen molar-refractivity contribution in [1.82, 2.24) is 9.78 Å². The van der Waals surface area contributed by atoms with E-state index >= 15 is 0 Å². The minimum Gasteiger partial charge on any atom is -0.326 e. The van der Waals surface area contributed by atoms with Gasteiger partial charge >= 0.3 is 0 Å².